The fourth-order valence-corrected chi connectivity index (χ4v) is 9.45. The molecule has 0 spiro atoms. The summed E-state index contributed by atoms with van der Waals surface area (Å²) in [5.74, 6) is -0.0262. The van der Waals surface area contributed by atoms with Crippen LogP contribution in [0.3, 0.4) is 0 Å². The van der Waals surface area contributed by atoms with Crippen LogP contribution in [-0.4, -0.2) is 34.9 Å². The zero-order chi connectivity index (χ0) is 46.3. The van der Waals surface area contributed by atoms with Gasteiger partial charge in [-0.15, -0.1) is 0 Å². The standard InChI is InChI=1S/C60H117NO3/c1-3-5-7-9-11-13-15-17-19-20-21-22-23-24-25-26-27-28-29-30-31-32-33-34-35-36-37-38-39-40-42-44-46-48-50-52-54-56-60(64)61-58(57-62)59(63)55-53-51-49-47-45-43-41-18-16-14-12-10-8-6-4-2/h25-26,28-29,58-59,62-63H,3-24,27,30-57H2,1-2H3,(H,61,64)/b26-25-,29-28-. The molecule has 2 unspecified atom stereocenters. The van der Waals surface area contributed by atoms with Gasteiger partial charge in [0.15, 0.2) is 0 Å². The molecule has 4 heteroatoms. The molecule has 0 aliphatic heterocycles. The Hall–Kier alpha value is -1.13. The van der Waals surface area contributed by atoms with Gasteiger partial charge in [0, 0.05) is 6.42 Å². The largest absolute Gasteiger partial charge is 0.394 e. The lowest BCUT2D eigenvalue weighted by Crippen LogP contribution is -2.45. The Labute approximate surface area is 402 Å². The van der Waals surface area contributed by atoms with Crippen molar-refractivity contribution in [2.45, 2.75) is 347 Å². The zero-order valence-corrected chi connectivity index (χ0v) is 43.8. The van der Waals surface area contributed by atoms with E-state index in [1.165, 1.54) is 276 Å². The highest BCUT2D eigenvalue weighted by Gasteiger charge is 2.20. The van der Waals surface area contributed by atoms with Crippen LogP contribution in [0.2, 0.25) is 0 Å². The van der Waals surface area contributed by atoms with Gasteiger partial charge in [-0.25, -0.2) is 0 Å². The number of unbranched alkanes of at least 4 members (excludes halogenated alkanes) is 44. The highest BCUT2D eigenvalue weighted by Crippen LogP contribution is 2.18. The molecule has 0 aromatic heterocycles. The van der Waals surface area contributed by atoms with Gasteiger partial charge in [0.05, 0.1) is 18.8 Å². The SMILES string of the molecule is CCCCCCCCCCCCCCC/C=C\C/C=C\CCCCCCCCCCCCCCCCCCCC(=O)NC(CO)C(O)CCCCCCCCCCCCCCCCC. The Balaban J connectivity index is 3.39. The van der Waals surface area contributed by atoms with Crippen LogP contribution < -0.4 is 5.32 Å². The first-order chi connectivity index (χ1) is 31.7. The van der Waals surface area contributed by atoms with Crippen molar-refractivity contribution in [1.29, 1.82) is 0 Å². The fraction of sp³-hybridized carbons (Fsp3) is 0.917. The van der Waals surface area contributed by atoms with Crippen molar-refractivity contribution in [1.82, 2.24) is 5.32 Å². The number of nitrogens with one attached hydrogen (secondary N) is 1. The van der Waals surface area contributed by atoms with Gasteiger partial charge in [0.25, 0.3) is 0 Å². The normalized spacial score (nSPS) is 12.9. The summed E-state index contributed by atoms with van der Waals surface area (Å²) in [4.78, 5) is 12.5. The monoisotopic (exact) mass is 900 g/mol. The van der Waals surface area contributed by atoms with Crippen molar-refractivity contribution in [3.63, 3.8) is 0 Å². The lowest BCUT2D eigenvalue weighted by atomic mass is 10.0. The molecule has 2 atom stereocenters. The average molecular weight is 901 g/mol. The van der Waals surface area contributed by atoms with E-state index in [2.05, 4.69) is 43.5 Å². The van der Waals surface area contributed by atoms with Crippen LogP contribution in [0.5, 0.6) is 0 Å². The van der Waals surface area contributed by atoms with E-state index < -0.39 is 12.1 Å². The number of hydrogen-bond acceptors (Lipinski definition) is 3. The van der Waals surface area contributed by atoms with Gasteiger partial charge in [-0.3, -0.25) is 4.79 Å². The molecule has 0 fully saturated rings. The van der Waals surface area contributed by atoms with Crippen LogP contribution in [0.4, 0.5) is 0 Å². The first-order valence-corrected chi connectivity index (χ1v) is 29.5. The van der Waals surface area contributed by atoms with Crippen molar-refractivity contribution >= 4 is 5.91 Å². The van der Waals surface area contributed by atoms with Crippen molar-refractivity contribution < 1.29 is 15.0 Å². The zero-order valence-electron chi connectivity index (χ0n) is 43.8. The Bertz CT molecular complexity index is 932. The van der Waals surface area contributed by atoms with Gasteiger partial charge >= 0.3 is 0 Å². The summed E-state index contributed by atoms with van der Waals surface area (Å²) in [6.45, 7) is 4.39. The smallest absolute Gasteiger partial charge is 0.220 e. The summed E-state index contributed by atoms with van der Waals surface area (Å²) in [7, 11) is 0. The van der Waals surface area contributed by atoms with Crippen LogP contribution in [0.1, 0.15) is 335 Å². The molecule has 0 radical (unpaired) electrons. The lowest BCUT2D eigenvalue weighted by Gasteiger charge is -2.22. The Morgan fingerprint density at radius 1 is 0.375 bits per heavy atom. The summed E-state index contributed by atoms with van der Waals surface area (Å²) in [6, 6.07) is -0.534. The molecular formula is C60H117NO3. The number of hydrogen-bond donors (Lipinski definition) is 3. The predicted octanol–water partition coefficient (Wildman–Crippen LogP) is 19.5. The van der Waals surface area contributed by atoms with E-state index >= 15 is 0 Å². The van der Waals surface area contributed by atoms with Gasteiger partial charge < -0.3 is 15.5 Å². The second-order valence-electron chi connectivity index (χ2n) is 20.4. The van der Waals surface area contributed by atoms with E-state index in [0.717, 1.165) is 32.1 Å². The number of carbonyl (C=O) groups is 1. The molecule has 0 aromatic rings. The number of rotatable bonds is 55. The third-order valence-corrected chi connectivity index (χ3v) is 14.0. The number of carbonyl (C=O) groups excluding carboxylic acids is 1. The molecule has 0 aromatic carbocycles. The van der Waals surface area contributed by atoms with E-state index in [0.29, 0.717) is 12.8 Å². The quantitative estimate of drug-likeness (QED) is 0.0421. The molecule has 0 rings (SSSR count). The second kappa shape index (κ2) is 56.2. The molecule has 4 nitrogen and oxygen atoms in total. The molecule has 0 saturated heterocycles. The molecule has 3 N–H and O–H groups in total. The molecule has 380 valence electrons. The Morgan fingerprint density at radius 3 is 0.938 bits per heavy atom. The first-order valence-electron chi connectivity index (χ1n) is 29.5. The minimum atomic E-state index is -0.657. The third-order valence-electron chi connectivity index (χ3n) is 14.0. The lowest BCUT2D eigenvalue weighted by molar-refractivity contribution is -0.123. The maximum atomic E-state index is 12.5. The van der Waals surface area contributed by atoms with Gasteiger partial charge in [-0.2, -0.15) is 0 Å². The van der Waals surface area contributed by atoms with Gasteiger partial charge in [0.2, 0.25) is 5.91 Å². The maximum absolute atomic E-state index is 12.5. The minimum absolute atomic E-state index is 0.0262. The van der Waals surface area contributed by atoms with E-state index in [4.69, 9.17) is 0 Å². The van der Waals surface area contributed by atoms with Gasteiger partial charge in [-0.1, -0.05) is 308 Å². The highest BCUT2D eigenvalue weighted by atomic mass is 16.3. The number of aliphatic hydroxyl groups excluding tert-OH is 2. The van der Waals surface area contributed by atoms with Crippen LogP contribution in [0.25, 0.3) is 0 Å². The van der Waals surface area contributed by atoms with E-state index in [1.54, 1.807) is 0 Å². The van der Waals surface area contributed by atoms with Crippen molar-refractivity contribution in [3.8, 4) is 0 Å². The molecular weight excluding hydrogens is 783 g/mol. The molecule has 0 bridgehead atoms. The van der Waals surface area contributed by atoms with Crippen LogP contribution >= 0.6 is 0 Å². The van der Waals surface area contributed by atoms with Crippen LogP contribution in [0.15, 0.2) is 24.3 Å². The highest BCUT2D eigenvalue weighted by molar-refractivity contribution is 5.76. The maximum Gasteiger partial charge on any atom is 0.220 e. The third kappa shape index (κ3) is 51.8. The van der Waals surface area contributed by atoms with Crippen molar-refractivity contribution in [3.05, 3.63) is 24.3 Å². The number of amides is 1. The fourth-order valence-electron chi connectivity index (χ4n) is 9.45. The molecule has 64 heavy (non-hydrogen) atoms. The number of aliphatic hydroxyl groups is 2. The van der Waals surface area contributed by atoms with Gasteiger partial charge in [-0.05, 0) is 44.9 Å². The first kappa shape index (κ1) is 62.9. The Kier molecular flexibility index (Phi) is 55.2. The predicted molar refractivity (Wildman–Crippen MR) is 286 cm³/mol. The minimum Gasteiger partial charge on any atom is -0.394 e. The molecule has 0 aliphatic rings. The average Bonchev–Trinajstić information content (AvgIpc) is 3.30. The topological polar surface area (TPSA) is 69.6 Å². The summed E-state index contributed by atoms with van der Waals surface area (Å²) in [6.07, 6.45) is 74.7. The Morgan fingerprint density at radius 2 is 0.641 bits per heavy atom. The van der Waals surface area contributed by atoms with E-state index in [-0.39, 0.29) is 12.5 Å². The summed E-state index contributed by atoms with van der Waals surface area (Å²) < 4.78 is 0. The van der Waals surface area contributed by atoms with Crippen molar-refractivity contribution in [2.75, 3.05) is 6.61 Å². The van der Waals surface area contributed by atoms with E-state index in [1.807, 2.05) is 0 Å². The molecule has 0 saturated carbocycles. The molecule has 1 amide bonds. The van der Waals surface area contributed by atoms with Crippen LogP contribution in [-0.2, 0) is 4.79 Å². The second-order valence-corrected chi connectivity index (χ2v) is 20.4. The number of allylic oxidation sites excluding steroid dienone is 4. The summed E-state index contributed by atoms with van der Waals surface area (Å²) in [5.41, 5.74) is 0. The van der Waals surface area contributed by atoms with Crippen LogP contribution in [0, 0.1) is 0 Å². The summed E-state index contributed by atoms with van der Waals surface area (Å²) in [5, 5.41) is 23.3. The van der Waals surface area contributed by atoms with E-state index in [9.17, 15) is 15.0 Å². The molecule has 0 heterocycles. The summed E-state index contributed by atoms with van der Waals surface area (Å²) >= 11 is 0. The molecule has 0 aliphatic carbocycles. The van der Waals surface area contributed by atoms with Crippen molar-refractivity contribution in [2.24, 2.45) is 0 Å². The van der Waals surface area contributed by atoms with Gasteiger partial charge in [0.1, 0.15) is 0 Å².